The second-order valence-electron chi connectivity index (χ2n) is 3.94. The van der Waals surface area contributed by atoms with Gasteiger partial charge in [0.1, 0.15) is 5.52 Å². The third kappa shape index (κ3) is 1.98. The van der Waals surface area contributed by atoms with E-state index in [1.165, 1.54) is 0 Å². The summed E-state index contributed by atoms with van der Waals surface area (Å²) in [5, 5.41) is 0.573. The minimum absolute atomic E-state index is 0.500. The molecule has 0 atom stereocenters. The van der Waals surface area contributed by atoms with Crippen molar-refractivity contribution in [3.8, 4) is 11.5 Å². The summed E-state index contributed by atoms with van der Waals surface area (Å²) in [6, 6.07) is 13.3. The molecule has 0 N–H and O–H groups in total. The Kier molecular flexibility index (Phi) is 2.98. The molecule has 0 aliphatic rings. The van der Waals surface area contributed by atoms with Crippen molar-refractivity contribution in [3.63, 3.8) is 0 Å². The monoisotopic (exact) mass is 277 g/mol. The zero-order chi connectivity index (χ0) is 12.5. The Morgan fingerprint density at radius 2 is 1.83 bits per heavy atom. The number of aromatic nitrogens is 1. The fourth-order valence-corrected chi connectivity index (χ4v) is 2.16. The van der Waals surface area contributed by atoms with Gasteiger partial charge in [-0.15, -0.1) is 11.6 Å². The molecule has 0 aliphatic carbocycles. The third-order valence-corrected chi connectivity index (χ3v) is 3.33. The second-order valence-corrected chi connectivity index (χ2v) is 4.61. The minimum atomic E-state index is 0.500. The molecule has 3 aromatic rings. The summed E-state index contributed by atoms with van der Waals surface area (Å²) in [5.41, 5.74) is 3.36. The first-order valence-electron chi connectivity index (χ1n) is 5.48. The minimum Gasteiger partial charge on any atom is -0.435 e. The molecule has 1 heterocycles. The van der Waals surface area contributed by atoms with Gasteiger partial charge in [-0.25, -0.2) is 4.98 Å². The zero-order valence-corrected chi connectivity index (χ0v) is 10.9. The summed E-state index contributed by atoms with van der Waals surface area (Å²) in [6.07, 6.45) is 0. The number of halogens is 2. The first kappa shape index (κ1) is 11.6. The van der Waals surface area contributed by atoms with Gasteiger partial charge < -0.3 is 4.42 Å². The van der Waals surface area contributed by atoms with Gasteiger partial charge in [-0.05, 0) is 29.8 Å². The van der Waals surface area contributed by atoms with Gasteiger partial charge in [-0.1, -0.05) is 29.8 Å². The van der Waals surface area contributed by atoms with E-state index in [1.807, 2.05) is 36.4 Å². The average molecular weight is 278 g/mol. The lowest BCUT2D eigenvalue weighted by atomic mass is 10.1. The molecule has 0 aliphatic heterocycles. The van der Waals surface area contributed by atoms with Crippen molar-refractivity contribution >= 4 is 34.3 Å². The Hall–Kier alpha value is -1.51. The Morgan fingerprint density at radius 3 is 2.50 bits per heavy atom. The maximum atomic E-state index is 6.05. The second kappa shape index (κ2) is 4.63. The number of para-hydroxylation sites is 1. The zero-order valence-electron chi connectivity index (χ0n) is 9.36. The lowest BCUT2D eigenvalue weighted by molar-refractivity contribution is 0.620. The van der Waals surface area contributed by atoms with Gasteiger partial charge in [-0.2, -0.15) is 0 Å². The van der Waals surface area contributed by atoms with E-state index in [1.54, 1.807) is 6.07 Å². The predicted octanol–water partition coefficient (Wildman–Crippen LogP) is 4.89. The molecule has 2 nitrogen and oxygen atoms in total. The van der Waals surface area contributed by atoms with Gasteiger partial charge in [0.2, 0.25) is 5.89 Å². The summed E-state index contributed by atoms with van der Waals surface area (Å²) < 4.78 is 5.68. The Bertz CT molecular complexity index is 689. The summed E-state index contributed by atoms with van der Waals surface area (Å²) in [7, 11) is 0. The molecule has 0 spiro atoms. The van der Waals surface area contributed by atoms with Gasteiger partial charge in [0.15, 0.2) is 5.58 Å². The van der Waals surface area contributed by atoms with E-state index in [0.717, 1.165) is 16.6 Å². The summed E-state index contributed by atoms with van der Waals surface area (Å²) in [4.78, 5) is 4.42. The van der Waals surface area contributed by atoms with Crippen molar-refractivity contribution in [1.82, 2.24) is 4.98 Å². The molecule has 3 rings (SSSR count). The van der Waals surface area contributed by atoms with E-state index < -0.39 is 0 Å². The molecular weight excluding hydrogens is 269 g/mol. The van der Waals surface area contributed by atoms with Crippen molar-refractivity contribution in [1.29, 1.82) is 0 Å². The first-order chi connectivity index (χ1) is 8.78. The quantitative estimate of drug-likeness (QED) is 0.624. The Labute approximate surface area is 114 Å². The molecular formula is C14H9Cl2NO. The van der Waals surface area contributed by atoms with Crippen LogP contribution in [0.4, 0.5) is 0 Å². The summed E-state index contributed by atoms with van der Waals surface area (Å²) >= 11 is 11.8. The van der Waals surface area contributed by atoms with Crippen LogP contribution in [-0.4, -0.2) is 4.98 Å². The van der Waals surface area contributed by atoms with Crippen LogP contribution in [0.15, 0.2) is 46.9 Å². The predicted molar refractivity (Wildman–Crippen MR) is 74.0 cm³/mol. The van der Waals surface area contributed by atoms with Crippen LogP contribution in [0, 0.1) is 0 Å². The van der Waals surface area contributed by atoms with Gasteiger partial charge in [0, 0.05) is 11.4 Å². The maximum absolute atomic E-state index is 6.05. The van der Waals surface area contributed by atoms with E-state index in [-0.39, 0.29) is 0 Å². The molecule has 0 saturated carbocycles. The number of benzene rings is 2. The smallest absolute Gasteiger partial charge is 0.227 e. The third-order valence-electron chi connectivity index (χ3n) is 2.72. The fourth-order valence-electron chi connectivity index (χ4n) is 1.78. The van der Waals surface area contributed by atoms with Crippen LogP contribution in [0.1, 0.15) is 5.56 Å². The van der Waals surface area contributed by atoms with E-state index in [2.05, 4.69) is 4.98 Å². The fraction of sp³-hybridized carbons (Fsp3) is 0.0714. The van der Waals surface area contributed by atoms with E-state index >= 15 is 0 Å². The van der Waals surface area contributed by atoms with Gasteiger partial charge >= 0.3 is 0 Å². The molecule has 0 bridgehead atoms. The SMILES string of the molecule is ClCc1ccc(-c2nc3cccc(Cl)c3o2)cc1. The molecule has 18 heavy (non-hydrogen) atoms. The summed E-state index contributed by atoms with van der Waals surface area (Å²) in [5.74, 6) is 1.07. The number of nitrogens with zero attached hydrogens (tertiary/aromatic N) is 1. The standard InChI is InChI=1S/C14H9Cl2NO/c15-8-9-4-6-10(7-5-9)14-17-12-3-1-2-11(16)13(12)18-14/h1-7H,8H2. The number of oxazole rings is 1. The van der Waals surface area contributed by atoms with Gasteiger partial charge in [0.05, 0.1) is 5.02 Å². The number of rotatable bonds is 2. The molecule has 0 amide bonds. The van der Waals surface area contributed by atoms with Crippen LogP contribution < -0.4 is 0 Å². The van der Waals surface area contributed by atoms with Crippen molar-refractivity contribution in [2.24, 2.45) is 0 Å². The van der Waals surface area contributed by atoms with Crippen LogP contribution in [0.5, 0.6) is 0 Å². The largest absolute Gasteiger partial charge is 0.435 e. The highest BCUT2D eigenvalue weighted by Gasteiger charge is 2.10. The Morgan fingerprint density at radius 1 is 1.06 bits per heavy atom. The molecule has 0 saturated heterocycles. The van der Waals surface area contributed by atoms with Crippen LogP contribution in [-0.2, 0) is 5.88 Å². The van der Waals surface area contributed by atoms with Gasteiger partial charge in [0.25, 0.3) is 0 Å². The van der Waals surface area contributed by atoms with E-state index in [9.17, 15) is 0 Å². The molecule has 90 valence electrons. The Balaban J connectivity index is 2.10. The molecule has 4 heteroatoms. The van der Waals surface area contributed by atoms with Crippen molar-refractivity contribution in [2.45, 2.75) is 5.88 Å². The van der Waals surface area contributed by atoms with E-state index in [0.29, 0.717) is 22.4 Å². The number of hydrogen-bond acceptors (Lipinski definition) is 2. The summed E-state index contributed by atoms with van der Waals surface area (Å²) in [6.45, 7) is 0. The average Bonchev–Trinajstić information content (AvgIpc) is 2.84. The number of hydrogen-bond donors (Lipinski definition) is 0. The van der Waals surface area contributed by atoms with Crippen LogP contribution in [0.25, 0.3) is 22.6 Å². The van der Waals surface area contributed by atoms with Gasteiger partial charge in [-0.3, -0.25) is 0 Å². The normalized spacial score (nSPS) is 11.0. The van der Waals surface area contributed by atoms with Crippen molar-refractivity contribution in [2.75, 3.05) is 0 Å². The lowest BCUT2D eigenvalue weighted by Gasteiger charge is -1.97. The van der Waals surface area contributed by atoms with E-state index in [4.69, 9.17) is 27.6 Å². The number of fused-ring (bicyclic) bond motifs is 1. The highest BCUT2D eigenvalue weighted by Crippen LogP contribution is 2.29. The molecule has 0 radical (unpaired) electrons. The van der Waals surface area contributed by atoms with Crippen molar-refractivity contribution < 1.29 is 4.42 Å². The van der Waals surface area contributed by atoms with Crippen LogP contribution in [0.2, 0.25) is 5.02 Å². The molecule has 2 aromatic carbocycles. The highest BCUT2D eigenvalue weighted by atomic mass is 35.5. The molecule has 1 aromatic heterocycles. The van der Waals surface area contributed by atoms with Crippen LogP contribution in [0.3, 0.4) is 0 Å². The lowest BCUT2D eigenvalue weighted by Crippen LogP contribution is -1.79. The first-order valence-corrected chi connectivity index (χ1v) is 6.39. The molecule has 0 fully saturated rings. The topological polar surface area (TPSA) is 26.0 Å². The molecule has 0 unspecified atom stereocenters. The maximum Gasteiger partial charge on any atom is 0.227 e. The number of alkyl halides is 1. The highest BCUT2D eigenvalue weighted by molar-refractivity contribution is 6.34. The van der Waals surface area contributed by atoms with Crippen LogP contribution >= 0.6 is 23.2 Å². The van der Waals surface area contributed by atoms with Crippen molar-refractivity contribution in [3.05, 3.63) is 53.1 Å².